The number of amides is 1. The predicted molar refractivity (Wildman–Crippen MR) is 109 cm³/mol. The standard InChI is InChI=1S/C23H29N3O3/c1-22(2,3)29-21(28)25-10-8-23(9-11-25)12-17(20(23)27)19-16-7-5-4-6-15(16)18-13-24-14-26(18)19/h4-7,13-14,17,19-20,27H,8-12H2,1-3H3/t17-,19-,20+/m0/s1. The molecule has 1 spiro atoms. The summed E-state index contributed by atoms with van der Waals surface area (Å²) in [5, 5.41) is 11.3. The summed E-state index contributed by atoms with van der Waals surface area (Å²) in [6.45, 7) is 6.97. The number of piperidine rings is 1. The van der Waals surface area contributed by atoms with E-state index in [4.69, 9.17) is 4.74 Å². The zero-order chi connectivity index (χ0) is 20.4. The molecule has 154 valence electrons. The highest BCUT2D eigenvalue weighted by Gasteiger charge is 2.58. The minimum atomic E-state index is -0.480. The number of aliphatic hydroxyl groups excluding tert-OH is 1. The van der Waals surface area contributed by atoms with Crippen molar-refractivity contribution >= 4 is 6.09 Å². The van der Waals surface area contributed by atoms with Crippen LogP contribution in [0.3, 0.4) is 0 Å². The number of benzene rings is 1. The third kappa shape index (κ3) is 2.88. The van der Waals surface area contributed by atoms with Crippen LogP contribution in [0.25, 0.3) is 11.3 Å². The highest BCUT2D eigenvalue weighted by Crippen LogP contribution is 2.59. The molecular weight excluding hydrogens is 366 g/mol. The van der Waals surface area contributed by atoms with Gasteiger partial charge in [0.25, 0.3) is 0 Å². The van der Waals surface area contributed by atoms with Gasteiger partial charge >= 0.3 is 6.09 Å². The Hall–Kier alpha value is -2.34. The average molecular weight is 396 g/mol. The summed E-state index contributed by atoms with van der Waals surface area (Å²) < 4.78 is 7.73. The zero-order valence-electron chi connectivity index (χ0n) is 17.3. The molecule has 3 heterocycles. The van der Waals surface area contributed by atoms with Crippen LogP contribution < -0.4 is 0 Å². The summed E-state index contributed by atoms with van der Waals surface area (Å²) in [4.78, 5) is 18.5. The molecule has 1 amide bonds. The predicted octanol–water partition coefficient (Wildman–Crippen LogP) is 3.85. The van der Waals surface area contributed by atoms with E-state index in [9.17, 15) is 9.90 Å². The molecule has 1 saturated carbocycles. The molecule has 29 heavy (non-hydrogen) atoms. The minimum Gasteiger partial charge on any atom is -0.444 e. The first kappa shape index (κ1) is 18.7. The normalized spacial score (nSPS) is 27.3. The number of likely N-dealkylation sites (tertiary alicyclic amines) is 1. The molecule has 1 N–H and O–H groups in total. The number of hydrogen-bond acceptors (Lipinski definition) is 4. The first-order valence-corrected chi connectivity index (χ1v) is 10.6. The maximum Gasteiger partial charge on any atom is 0.410 e. The molecule has 1 aromatic carbocycles. The van der Waals surface area contributed by atoms with Crippen molar-refractivity contribution in [1.82, 2.24) is 14.5 Å². The highest BCUT2D eigenvalue weighted by atomic mass is 16.6. The Labute approximate surface area is 171 Å². The lowest BCUT2D eigenvalue weighted by molar-refractivity contribution is -0.156. The van der Waals surface area contributed by atoms with Crippen LogP contribution in [0.15, 0.2) is 36.8 Å². The van der Waals surface area contributed by atoms with Crippen molar-refractivity contribution < 1.29 is 14.6 Å². The van der Waals surface area contributed by atoms with Crippen LogP contribution in [0.2, 0.25) is 0 Å². The van der Waals surface area contributed by atoms with Crippen molar-refractivity contribution in [3.05, 3.63) is 42.4 Å². The van der Waals surface area contributed by atoms with Gasteiger partial charge in [-0.2, -0.15) is 0 Å². The Morgan fingerprint density at radius 2 is 1.97 bits per heavy atom. The Morgan fingerprint density at radius 1 is 1.24 bits per heavy atom. The largest absolute Gasteiger partial charge is 0.444 e. The summed E-state index contributed by atoms with van der Waals surface area (Å²) >= 11 is 0. The first-order chi connectivity index (χ1) is 13.8. The fraction of sp³-hybridized carbons (Fsp3) is 0.565. The van der Waals surface area contributed by atoms with Crippen LogP contribution in [0.5, 0.6) is 0 Å². The SMILES string of the molecule is CC(C)(C)OC(=O)N1CCC2(CC1)C[C@@H]([C@@H]1c3ccccc3-c3cncn31)[C@H]2O. The monoisotopic (exact) mass is 395 g/mol. The smallest absolute Gasteiger partial charge is 0.410 e. The quantitative estimate of drug-likeness (QED) is 0.796. The second-order valence-electron chi connectivity index (χ2n) is 9.86. The van der Waals surface area contributed by atoms with Crippen molar-refractivity contribution in [1.29, 1.82) is 0 Å². The molecule has 3 atom stereocenters. The third-order valence-electron chi connectivity index (χ3n) is 7.01. The van der Waals surface area contributed by atoms with Crippen LogP contribution in [0.1, 0.15) is 51.6 Å². The van der Waals surface area contributed by atoms with Crippen molar-refractivity contribution in [2.24, 2.45) is 11.3 Å². The van der Waals surface area contributed by atoms with Crippen molar-refractivity contribution in [2.45, 2.75) is 57.8 Å². The van der Waals surface area contributed by atoms with E-state index in [0.717, 1.165) is 25.0 Å². The molecule has 1 saturated heterocycles. The van der Waals surface area contributed by atoms with Crippen molar-refractivity contribution in [3.63, 3.8) is 0 Å². The van der Waals surface area contributed by atoms with E-state index in [2.05, 4.69) is 33.8 Å². The average Bonchev–Trinajstić information content (AvgIpc) is 3.26. The molecule has 1 aromatic heterocycles. The molecule has 0 unspecified atom stereocenters. The first-order valence-electron chi connectivity index (χ1n) is 10.6. The second kappa shape index (κ2) is 6.33. The van der Waals surface area contributed by atoms with Crippen molar-refractivity contribution in [2.75, 3.05) is 13.1 Å². The number of hydrogen-bond donors (Lipinski definition) is 1. The van der Waals surface area contributed by atoms with Gasteiger partial charge in [-0.3, -0.25) is 0 Å². The Bertz CT molecular complexity index is 937. The molecular formula is C23H29N3O3. The van der Waals surface area contributed by atoms with Crippen LogP contribution in [0, 0.1) is 11.3 Å². The Kier molecular flexibility index (Phi) is 4.07. The van der Waals surface area contributed by atoms with Gasteiger partial charge < -0.3 is 19.3 Å². The number of nitrogens with zero attached hydrogens (tertiary/aromatic N) is 3. The second-order valence-corrected chi connectivity index (χ2v) is 9.86. The number of aliphatic hydroxyl groups is 1. The fourth-order valence-electron chi connectivity index (χ4n) is 5.55. The van der Waals surface area contributed by atoms with E-state index in [1.54, 1.807) is 4.90 Å². The molecule has 6 nitrogen and oxygen atoms in total. The van der Waals surface area contributed by atoms with Gasteiger partial charge in [0.1, 0.15) is 5.60 Å². The summed E-state index contributed by atoms with van der Waals surface area (Å²) in [5.41, 5.74) is 3.09. The number of carbonyl (C=O) groups excluding carboxylic acids is 1. The van der Waals surface area contributed by atoms with Gasteiger partial charge in [-0.05, 0) is 45.6 Å². The zero-order valence-corrected chi connectivity index (χ0v) is 17.3. The molecule has 3 aliphatic rings. The summed E-state index contributed by atoms with van der Waals surface area (Å²) in [6.07, 6.45) is 5.83. The molecule has 1 aliphatic carbocycles. The maximum atomic E-state index is 12.4. The summed E-state index contributed by atoms with van der Waals surface area (Å²) in [7, 11) is 0. The molecule has 2 aromatic rings. The molecule has 2 fully saturated rings. The lowest BCUT2D eigenvalue weighted by Crippen LogP contribution is -2.60. The van der Waals surface area contributed by atoms with Crippen LogP contribution in [-0.2, 0) is 4.74 Å². The third-order valence-corrected chi connectivity index (χ3v) is 7.01. The molecule has 6 heteroatoms. The van der Waals surface area contributed by atoms with Gasteiger partial charge in [0.05, 0.1) is 30.4 Å². The van der Waals surface area contributed by atoms with Gasteiger partial charge in [0.15, 0.2) is 0 Å². The van der Waals surface area contributed by atoms with E-state index in [1.807, 2.05) is 33.3 Å². The lowest BCUT2D eigenvalue weighted by Gasteiger charge is -2.57. The van der Waals surface area contributed by atoms with Gasteiger partial charge in [-0.1, -0.05) is 24.3 Å². The number of carbonyl (C=O) groups is 1. The summed E-state index contributed by atoms with van der Waals surface area (Å²) in [5.74, 6) is 0.180. The Morgan fingerprint density at radius 3 is 2.66 bits per heavy atom. The Balaban J connectivity index is 1.30. The molecule has 0 bridgehead atoms. The molecule has 2 aliphatic heterocycles. The molecule has 0 radical (unpaired) electrons. The number of rotatable bonds is 1. The van der Waals surface area contributed by atoms with E-state index in [0.29, 0.717) is 13.1 Å². The van der Waals surface area contributed by atoms with Gasteiger partial charge in [0.2, 0.25) is 0 Å². The number of ether oxygens (including phenoxy) is 1. The van der Waals surface area contributed by atoms with Crippen molar-refractivity contribution in [3.8, 4) is 11.3 Å². The van der Waals surface area contributed by atoms with Gasteiger partial charge in [-0.25, -0.2) is 9.78 Å². The maximum absolute atomic E-state index is 12.4. The van der Waals surface area contributed by atoms with Gasteiger partial charge in [0, 0.05) is 30.0 Å². The van der Waals surface area contributed by atoms with E-state index in [-0.39, 0.29) is 29.6 Å². The minimum absolute atomic E-state index is 0.0819. The fourth-order valence-corrected chi connectivity index (χ4v) is 5.55. The number of imidazole rings is 1. The highest BCUT2D eigenvalue weighted by molar-refractivity contribution is 5.69. The van der Waals surface area contributed by atoms with E-state index >= 15 is 0 Å². The van der Waals surface area contributed by atoms with Gasteiger partial charge in [-0.15, -0.1) is 0 Å². The van der Waals surface area contributed by atoms with E-state index < -0.39 is 5.60 Å². The van der Waals surface area contributed by atoms with E-state index in [1.165, 1.54) is 11.1 Å². The van der Waals surface area contributed by atoms with Crippen LogP contribution in [-0.4, -0.2) is 50.4 Å². The topological polar surface area (TPSA) is 67.6 Å². The number of aromatic nitrogens is 2. The van der Waals surface area contributed by atoms with Crippen LogP contribution >= 0.6 is 0 Å². The van der Waals surface area contributed by atoms with Crippen LogP contribution in [0.4, 0.5) is 4.79 Å². The number of fused-ring (bicyclic) bond motifs is 3. The lowest BCUT2D eigenvalue weighted by atomic mass is 9.53. The summed E-state index contributed by atoms with van der Waals surface area (Å²) in [6, 6.07) is 8.60. The molecule has 5 rings (SSSR count).